The molecule has 0 aliphatic rings. The normalized spacial score (nSPS) is 11.0. The second-order valence-electron chi connectivity index (χ2n) is 5.44. The van der Waals surface area contributed by atoms with Crippen molar-refractivity contribution in [2.45, 2.75) is 0 Å². The second-order valence-corrected chi connectivity index (χ2v) is 5.85. The van der Waals surface area contributed by atoms with Crippen molar-refractivity contribution < 1.29 is 9.50 Å². The molecule has 7 heteroatoms. The molecule has 0 aliphatic carbocycles. The molecule has 2 aromatic carbocycles. The number of phenolic OH excluding ortho intramolecular Hbond substituents is 1. The summed E-state index contributed by atoms with van der Waals surface area (Å²) in [5.74, 6) is 0.306. The minimum atomic E-state index is -0.471. The molecule has 124 valence electrons. The smallest absolute Gasteiger partial charge is 0.165 e. The molecule has 0 spiro atoms. The summed E-state index contributed by atoms with van der Waals surface area (Å²) in [5, 5.41) is 16.9. The summed E-state index contributed by atoms with van der Waals surface area (Å²) in [6, 6.07) is 13.0. The van der Waals surface area contributed by atoms with Gasteiger partial charge in [-0.05, 0) is 42.0 Å². The third-order valence-electron chi connectivity index (χ3n) is 3.74. The zero-order valence-electron chi connectivity index (χ0n) is 12.8. The van der Waals surface area contributed by atoms with Crippen molar-refractivity contribution >= 4 is 28.8 Å². The van der Waals surface area contributed by atoms with Crippen molar-refractivity contribution in [2.75, 3.05) is 5.32 Å². The number of fused-ring (bicyclic) bond motifs is 1. The Morgan fingerprint density at radius 1 is 1.08 bits per heavy atom. The topological polar surface area (TPSA) is 62.5 Å². The number of rotatable bonds is 3. The minimum Gasteiger partial charge on any atom is -0.508 e. The van der Waals surface area contributed by atoms with Crippen molar-refractivity contribution in [3.05, 3.63) is 71.8 Å². The van der Waals surface area contributed by atoms with Gasteiger partial charge in [0.05, 0.1) is 11.2 Å². The third-order valence-corrected chi connectivity index (χ3v) is 4.03. The highest BCUT2D eigenvalue weighted by Gasteiger charge is 2.10. The standard InChI is InChI=1S/C18H12ClFN4O/c19-15-9-12(3-6-16(15)20)22-17-7-8-24-18(23-17)14(10-21-24)11-1-4-13(25)5-2-11/h1-10,25H,(H,22,23). The van der Waals surface area contributed by atoms with E-state index in [0.717, 1.165) is 11.1 Å². The van der Waals surface area contributed by atoms with E-state index in [1.165, 1.54) is 12.1 Å². The predicted octanol–water partition coefficient (Wildman–Crippen LogP) is 4.64. The average Bonchev–Trinajstić information content (AvgIpc) is 3.02. The third kappa shape index (κ3) is 2.99. The fraction of sp³-hybridized carbons (Fsp3) is 0. The van der Waals surface area contributed by atoms with Gasteiger partial charge in [0.15, 0.2) is 5.65 Å². The van der Waals surface area contributed by atoms with E-state index in [2.05, 4.69) is 15.4 Å². The summed E-state index contributed by atoms with van der Waals surface area (Å²) in [6.45, 7) is 0. The van der Waals surface area contributed by atoms with Crippen molar-refractivity contribution in [1.29, 1.82) is 0 Å². The number of halogens is 2. The molecule has 4 aromatic rings. The van der Waals surface area contributed by atoms with Gasteiger partial charge in [0.2, 0.25) is 0 Å². The first-order valence-corrected chi connectivity index (χ1v) is 7.84. The molecule has 0 radical (unpaired) electrons. The number of aromatic nitrogens is 3. The maximum absolute atomic E-state index is 13.3. The fourth-order valence-corrected chi connectivity index (χ4v) is 2.69. The molecule has 25 heavy (non-hydrogen) atoms. The highest BCUT2D eigenvalue weighted by Crippen LogP contribution is 2.27. The van der Waals surface area contributed by atoms with E-state index in [1.54, 1.807) is 53.3 Å². The zero-order chi connectivity index (χ0) is 17.4. The van der Waals surface area contributed by atoms with Gasteiger partial charge in [0.1, 0.15) is 17.4 Å². The van der Waals surface area contributed by atoms with Crippen LogP contribution in [0.2, 0.25) is 5.02 Å². The van der Waals surface area contributed by atoms with Gasteiger partial charge in [0, 0.05) is 17.4 Å². The van der Waals surface area contributed by atoms with Crippen LogP contribution in [0.5, 0.6) is 5.75 Å². The molecule has 0 atom stereocenters. The molecule has 0 unspecified atom stereocenters. The lowest BCUT2D eigenvalue weighted by atomic mass is 10.1. The maximum atomic E-state index is 13.3. The molecule has 0 amide bonds. The molecule has 0 saturated heterocycles. The van der Waals surface area contributed by atoms with Gasteiger partial charge in [-0.25, -0.2) is 13.9 Å². The molecule has 4 rings (SSSR count). The van der Waals surface area contributed by atoms with Crippen LogP contribution < -0.4 is 5.32 Å². The number of phenols is 1. The summed E-state index contributed by atoms with van der Waals surface area (Å²) in [4.78, 5) is 4.57. The lowest BCUT2D eigenvalue weighted by Crippen LogP contribution is -1.97. The fourth-order valence-electron chi connectivity index (χ4n) is 2.50. The van der Waals surface area contributed by atoms with Crippen molar-refractivity contribution in [1.82, 2.24) is 14.6 Å². The van der Waals surface area contributed by atoms with Crippen LogP contribution in [-0.2, 0) is 0 Å². The number of anilines is 2. The Labute approximate surface area is 147 Å². The van der Waals surface area contributed by atoms with Crippen LogP contribution in [0.1, 0.15) is 0 Å². The van der Waals surface area contributed by atoms with E-state index in [9.17, 15) is 9.50 Å². The average molecular weight is 355 g/mol. The first-order chi connectivity index (χ1) is 12.1. The molecule has 2 heterocycles. The van der Waals surface area contributed by atoms with Crippen LogP contribution in [0.25, 0.3) is 16.8 Å². The quantitative estimate of drug-likeness (QED) is 0.562. The Hall–Kier alpha value is -3.12. The molecule has 5 nitrogen and oxygen atoms in total. The number of nitrogens with one attached hydrogen (secondary N) is 1. The molecule has 2 aromatic heterocycles. The highest BCUT2D eigenvalue weighted by molar-refractivity contribution is 6.31. The minimum absolute atomic E-state index is 0.0419. The Bertz CT molecular complexity index is 1060. The predicted molar refractivity (Wildman–Crippen MR) is 94.8 cm³/mol. The first kappa shape index (κ1) is 15.4. The Balaban J connectivity index is 1.72. The lowest BCUT2D eigenvalue weighted by Gasteiger charge is -2.07. The van der Waals surface area contributed by atoms with Gasteiger partial charge in [0.25, 0.3) is 0 Å². The summed E-state index contributed by atoms with van der Waals surface area (Å²) in [5.41, 5.74) is 3.01. The zero-order valence-corrected chi connectivity index (χ0v) is 13.6. The molecule has 2 N–H and O–H groups in total. The lowest BCUT2D eigenvalue weighted by molar-refractivity contribution is 0.475. The van der Waals surface area contributed by atoms with Crippen molar-refractivity contribution in [3.8, 4) is 16.9 Å². The molecule has 0 bridgehead atoms. The number of benzene rings is 2. The first-order valence-electron chi connectivity index (χ1n) is 7.46. The summed E-state index contributed by atoms with van der Waals surface area (Å²) in [6.07, 6.45) is 3.49. The van der Waals surface area contributed by atoms with Crippen LogP contribution in [-0.4, -0.2) is 19.7 Å². The van der Waals surface area contributed by atoms with E-state index >= 15 is 0 Å². The molecule has 0 aliphatic heterocycles. The van der Waals surface area contributed by atoms with Gasteiger partial charge in [-0.2, -0.15) is 5.10 Å². The van der Waals surface area contributed by atoms with Crippen molar-refractivity contribution in [3.63, 3.8) is 0 Å². The summed E-state index contributed by atoms with van der Waals surface area (Å²) < 4.78 is 14.9. The summed E-state index contributed by atoms with van der Waals surface area (Å²) >= 11 is 5.81. The molecular formula is C18H12ClFN4O. The monoisotopic (exact) mass is 354 g/mol. The Morgan fingerprint density at radius 2 is 1.88 bits per heavy atom. The number of hydrogen-bond acceptors (Lipinski definition) is 4. The van der Waals surface area contributed by atoms with Crippen LogP contribution in [0.3, 0.4) is 0 Å². The van der Waals surface area contributed by atoms with Gasteiger partial charge in [-0.3, -0.25) is 0 Å². The molecular weight excluding hydrogens is 343 g/mol. The summed E-state index contributed by atoms with van der Waals surface area (Å²) in [7, 11) is 0. The largest absolute Gasteiger partial charge is 0.508 e. The van der Waals surface area contributed by atoms with Gasteiger partial charge in [-0.1, -0.05) is 23.7 Å². The number of nitrogens with zero attached hydrogens (tertiary/aromatic N) is 3. The van der Waals surface area contributed by atoms with E-state index in [0.29, 0.717) is 17.2 Å². The molecule has 0 saturated carbocycles. The van der Waals surface area contributed by atoms with Gasteiger partial charge < -0.3 is 10.4 Å². The Kier molecular flexibility index (Phi) is 3.74. The van der Waals surface area contributed by atoms with Crippen LogP contribution in [0, 0.1) is 5.82 Å². The van der Waals surface area contributed by atoms with Crippen LogP contribution >= 0.6 is 11.6 Å². The van der Waals surface area contributed by atoms with E-state index < -0.39 is 5.82 Å². The van der Waals surface area contributed by atoms with Crippen LogP contribution in [0.15, 0.2) is 60.9 Å². The SMILES string of the molecule is Oc1ccc(-c2cnn3ccc(Nc4ccc(F)c(Cl)c4)nc23)cc1. The second kappa shape index (κ2) is 6.07. The van der Waals surface area contributed by atoms with Crippen molar-refractivity contribution in [2.24, 2.45) is 0 Å². The van der Waals surface area contributed by atoms with Crippen LogP contribution in [0.4, 0.5) is 15.9 Å². The van der Waals surface area contributed by atoms with E-state index in [-0.39, 0.29) is 10.8 Å². The van der Waals surface area contributed by atoms with E-state index in [4.69, 9.17) is 11.6 Å². The Morgan fingerprint density at radius 3 is 2.64 bits per heavy atom. The molecule has 0 fully saturated rings. The number of hydrogen-bond donors (Lipinski definition) is 2. The highest BCUT2D eigenvalue weighted by atomic mass is 35.5. The number of aromatic hydroxyl groups is 1. The van der Waals surface area contributed by atoms with Gasteiger partial charge in [-0.15, -0.1) is 0 Å². The van der Waals surface area contributed by atoms with E-state index in [1.807, 2.05) is 0 Å². The van der Waals surface area contributed by atoms with Gasteiger partial charge >= 0.3 is 0 Å². The maximum Gasteiger partial charge on any atom is 0.165 e.